The molecule has 0 saturated carbocycles. The van der Waals surface area contributed by atoms with Crippen molar-refractivity contribution in [3.8, 4) is 0 Å². The highest BCUT2D eigenvalue weighted by Crippen LogP contribution is 2.34. The third kappa shape index (κ3) is 5.34. The summed E-state index contributed by atoms with van der Waals surface area (Å²) in [7, 11) is 0. The first-order valence-electron chi connectivity index (χ1n) is 9.18. The fourth-order valence-corrected chi connectivity index (χ4v) is 3.85. The van der Waals surface area contributed by atoms with E-state index < -0.39 is 11.7 Å². The van der Waals surface area contributed by atoms with Crippen LogP contribution in [0.25, 0.3) is 0 Å². The third-order valence-electron chi connectivity index (χ3n) is 5.02. The second-order valence-corrected chi connectivity index (χ2v) is 7.92. The molecule has 1 aliphatic heterocycles. The molecule has 0 bridgehead atoms. The Hall–Kier alpha value is -1.99. The van der Waals surface area contributed by atoms with Crippen molar-refractivity contribution in [3.63, 3.8) is 0 Å². The van der Waals surface area contributed by atoms with Crippen LogP contribution in [0.3, 0.4) is 0 Å². The predicted molar refractivity (Wildman–Crippen MR) is 107 cm³/mol. The number of carbonyl (C=O) groups is 1. The van der Waals surface area contributed by atoms with Gasteiger partial charge in [-0.1, -0.05) is 35.3 Å². The molecule has 1 fully saturated rings. The van der Waals surface area contributed by atoms with E-state index >= 15 is 0 Å². The maximum Gasteiger partial charge on any atom is 0.417 e. The molecule has 1 amide bonds. The Kier molecular flexibility index (Phi) is 6.58. The van der Waals surface area contributed by atoms with Gasteiger partial charge in [0.15, 0.2) is 0 Å². The molecule has 3 rings (SSSR count). The van der Waals surface area contributed by atoms with Crippen LogP contribution >= 0.6 is 23.2 Å². The van der Waals surface area contributed by atoms with Crippen LogP contribution in [0.1, 0.15) is 36.9 Å². The van der Waals surface area contributed by atoms with E-state index in [1.165, 1.54) is 0 Å². The van der Waals surface area contributed by atoms with E-state index in [0.717, 1.165) is 17.8 Å². The van der Waals surface area contributed by atoms with Crippen molar-refractivity contribution < 1.29 is 18.0 Å². The molecule has 29 heavy (non-hydrogen) atoms. The Morgan fingerprint density at radius 3 is 2.52 bits per heavy atom. The summed E-state index contributed by atoms with van der Waals surface area (Å²) in [6.07, 6.45) is -2.58. The number of nitrogens with one attached hydrogen (secondary N) is 1. The maximum absolute atomic E-state index is 12.8. The summed E-state index contributed by atoms with van der Waals surface area (Å²) in [5, 5.41) is 3.57. The minimum atomic E-state index is -4.49. The number of aromatic nitrogens is 1. The lowest BCUT2D eigenvalue weighted by Gasteiger charge is -2.33. The lowest BCUT2D eigenvalue weighted by Crippen LogP contribution is -2.41. The Morgan fingerprint density at radius 1 is 1.24 bits per heavy atom. The third-order valence-corrected chi connectivity index (χ3v) is 5.54. The summed E-state index contributed by atoms with van der Waals surface area (Å²) in [4.78, 5) is 18.3. The average Bonchev–Trinajstić information content (AvgIpc) is 2.67. The van der Waals surface area contributed by atoms with Crippen LogP contribution in [0.2, 0.25) is 10.0 Å². The van der Waals surface area contributed by atoms with Gasteiger partial charge in [0.25, 0.3) is 0 Å². The molecule has 9 heteroatoms. The van der Waals surface area contributed by atoms with E-state index in [1.807, 2.05) is 30.0 Å². The normalized spacial score (nSPS) is 16.6. The van der Waals surface area contributed by atoms with E-state index in [-0.39, 0.29) is 22.9 Å². The van der Waals surface area contributed by atoms with Gasteiger partial charge in [-0.2, -0.15) is 13.2 Å². The molecular formula is C20H20Cl2F3N3O. The highest BCUT2D eigenvalue weighted by Gasteiger charge is 2.33. The van der Waals surface area contributed by atoms with Crippen LogP contribution in [0.4, 0.5) is 19.0 Å². The molecule has 2 heterocycles. The number of hydrogen-bond acceptors (Lipinski definition) is 3. The quantitative estimate of drug-likeness (QED) is 0.675. The molecule has 1 saturated heterocycles. The SMILES string of the molecule is CC(NC(=O)C1CCN(c2ncc(C(F)(F)F)cc2Cl)CC1)c1cccc(Cl)c1. The summed E-state index contributed by atoms with van der Waals surface area (Å²) < 4.78 is 38.3. The zero-order valence-electron chi connectivity index (χ0n) is 15.6. The van der Waals surface area contributed by atoms with E-state index in [2.05, 4.69) is 10.3 Å². The topological polar surface area (TPSA) is 45.2 Å². The van der Waals surface area contributed by atoms with Crippen LogP contribution in [0.15, 0.2) is 36.5 Å². The summed E-state index contributed by atoms with van der Waals surface area (Å²) in [6, 6.07) is 8.03. The number of carbonyl (C=O) groups excluding carboxylic acids is 1. The van der Waals surface area contributed by atoms with Crippen LogP contribution in [-0.4, -0.2) is 24.0 Å². The lowest BCUT2D eigenvalue weighted by atomic mass is 9.95. The summed E-state index contributed by atoms with van der Waals surface area (Å²) >= 11 is 12.0. The maximum atomic E-state index is 12.8. The number of amides is 1. The van der Waals surface area contributed by atoms with Crippen molar-refractivity contribution in [2.75, 3.05) is 18.0 Å². The van der Waals surface area contributed by atoms with Gasteiger partial charge < -0.3 is 10.2 Å². The van der Waals surface area contributed by atoms with Crippen molar-refractivity contribution in [2.24, 2.45) is 5.92 Å². The molecule has 1 aliphatic rings. The van der Waals surface area contributed by atoms with E-state index in [4.69, 9.17) is 23.2 Å². The largest absolute Gasteiger partial charge is 0.417 e. The number of hydrogen-bond donors (Lipinski definition) is 1. The van der Waals surface area contributed by atoms with Crippen LogP contribution < -0.4 is 10.2 Å². The Balaban J connectivity index is 1.58. The smallest absolute Gasteiger partial charge is 0.355 e. The van der Waals surface area contributed by atoms with Gasteiger partial charge in [-0.25, -0.2) is 4.98 Å². The van der Waals surface area contributed by atoms with Gasteiger partial charge in [0.1, 0.15) is 5.82 Å². The molecule has 2 aromatic rings. The molecule has 4 nitrogen and oxygen atoms in total. The number of benzene rings is 1. The van der Waals surface area contributed by atoms with Gasteiger partial charge in [-0.3, -0.25) is 4.79 Å². The first-order chi connectivity index (χ1) is 13.6. The molecule has 0 radical (unpaired) electrons. The second-order valence-electron chi connectivity index (χ2n) is 7.07. The second kappa shape index (κ2) is 8.79. The van der Waals surface area contributed by atoms with Gasteiger partial charge in [0.05, 0.1) is 16.6 Å². The molecule has 0 aliphatic carbocycles. The molecule has 1 aromatic carbocycles. The standard InChI is InChI=1S/C20H20Cl2F3N3O/c1-12(14-3-2-4-16(21)9-14)27-19(29)13-5-7-28(8-6-13)18-17(22)10-15(11-26-18)20(23,24)25/h2-4,9-13H,5-8H2,1H3,(H,27,29). The summed E-state index contributed by atoms with van der Waals surface area (Å²) in [5.74, 6) is 0.0792. The number of alkyl halides is 3. The first-order valence-corrected chi connectivity index (χ1v) is 9.94. The number of pyridine rings is 1. The average molecular weight is 446 g/mol. The number of halogens is 5. The van der Waals surface area contributed by atoms with Gasteiger partial charge in [0, 0.05) is 30.2 Å². The molecule has 0 spiro atoms. The summed E-state index contributed by atoms with van der Waals surface area (Å²) in [5.41, 5.74) is 0.0412. The number of piperidine rings is 1. The Labute approximate surface area is 177 Å². The van der Waals surface area contributed by atoms with Gasteiger partial charge in [-0.15, -0.1) is 0 Å². The fraction of sp³-hybridized carbons (Fsp3) is 0.400. The van der Waals surface area contributed by atoms with E-state index in [9.17, 15) is 18.0 Å². The molecule has 1 unspecified atom stereocenters. The summed E-state index contributed by atoms with van der Waals surface area (Å²) in [6.45, 7) is 2.87. The van der Waals surface area contributed by atoms with Crippen molar-refractivity contribution in [3.05, 3.63) is 57.7 Å². The number of anilines is 1. The van der Waals surface area contributed by atoms with Gasteiger partial charge in [0.2, 0.25) is 5.91 Å². The highest BCUT2D eigenvalue weighted by atomic mass is 35.5. The molecule has 1 atom stereocenters. The molecular weight excluding hydrogens is 426 g/mol. The van der Waals surface area contributed by atoms with Gasteiger partial charge in [-0.05, 0) is 43.5 Å². The predicted octanol–water partition coefficient (Wildman–Crippen LogP) is 5.50. The fourth-order valence-electron chi connectivity index (χ4n) is 3.36. The Morgan fingerprint density at radius 2 is 1.93 bits per heavy atom. The zero-order valence-corrected chi connectivity index (χ0v) is 17.2. The first kappa shape index (κ1) is 21.7. The van der Waals surface area contributed by atoms with E-state index in [0.29, 0.717) is 36.8 Å². The van der Waals surface area contributed by atoms with E-state index in [1.54, 1.807) is 6.07 Å². The van der Waals surface area contributed by atoms with Crippen molar-refractivity contribution >= 4 is 34.9 Å². The molecule has 156 valence electrons. The minimum Gasteiger partial charge on any atom is -0.355 e. The van der Waals surface area contributed by atoms with Crippen molar-refractivity contribution in [1.29, 1.82) is 0 Å². The molecule has 1 N–H and O–H groups in total. The highest BCUT2D eigenvalue weighted by molar-refractivity contribution is 6.33. The van der Waals surface area contributed by atoms with Crippen LogP contribution in [0, 0.1) is 5.92 Å². The lowest BCUT2D eigenvalue weighted by molar-refractivity contribution is -0.137. The molecule has 1 aromatic heterocycles. The number of rotatable bonds is 4. The van der Waals surface area contributed by atoms with Crippen LogP contribution in [0.5, 0.6) is 0 Å². The monoisotopic (exact) mass is 445 g/mol. The Bertz CT molecular complexity index is 884. The van der Waals surface area contributed by atoms with Gasteiger partial charge >= 0.3 is 6.18 Å². The van der Waals surface area contributed by atoms with Crippen molar-refractivity contribution in [1.82, 2.24) is 10.3 Å². The minimum absolute atomic E-state index is 0.0442. The van der Waals surface area contributed by atoms with Crippen molar-refractivity contribution in [2.45, 2.75) is 32.0 Å². The van der Waals surface area contributed by atoms with Crippen LogP contribution in [-0.2, 0) is 11.0 Å². The zero-order chi connectivity index (χ0) is 21.2. The number of nitrogens with zero attached hydrogens (tertiary/aromatic N) is 2.